The fraction of sp³-hybridized carbons (Fsp3) is 0.143. The van der Waals surface area contributed by atoms with Crippen molar-refractivity contribution in [3.63, 3.8) is 0 Å². The lowest BCUT2D eigenvalue weighted by Gasteiger charge is -2.10. The van der Waals surface area contributed by atoms with E-state index in [2.05, 4.69) is 0 Å². The van der Waals surface area contributed by atoms with Crippen molar-refractivity contribution in [2.24, 2.45) is 0 Å². The van der Waals surface area contributed by atoms with E-state index >= 15 is 0 Å². The third-order valence-electron chi connectivity index (χ3n) is 1.38. The molecule has 0 spiro atoms. The van der Waals surface area contributed by atoms with Crippen LogP contribution >= 0.6 is 0 Å². The van der Waals surface area contributed by atoms with Crippen molar-refractivity contribution in [2.45, 2.75) is 6.10 Å². The summed E-state index contributed by atoms with van der Waals surface area (Å²) in [6.45, 7) is 0. The maximum absolute atomic E-state index is 10.7. The molecule has 0 saturated heterocycles. The fourth-order valence-corrected chi connectivity index (χ4v) is 0.745. The van der Waals surface area contributed by atoms with Crippen molar-refractivity contribution in [1.29, 1.82) is 0 Å². The number of hydrogen-bond donors (Lipinski definition) is 2. The second-order valence-electron chi connectivity index (χ2n) is 2.09. The molecule has 0 heterocycles. The minimum absolute atomic E-state index is 0.0367. The first-order valence-electron chi connectivity index (χ1n) is 2.95. The molecule has 0 fully saturated rings. The van der Waals surface area contributed by atoms with Gasteiger partial charge < -0.3 is 10.2 Å². The largest absolute Gasteiger partial charge is 0.515 e. The molecule has 11 heavy (non-hydrogen) atoms. The second-order valence-corrected chi connectivity index (χ2v) is 2.09. The topological polar surface area (TPSA) is 74.6 Å². The van der Waals surface area contributed by atoms with Gasteiger partial charge in [-0.1, -0.05) is 0 Å². The molecule has 1 atom stereocenters. The molecule has 1 rings (SSSR count). The van der Waals surface area contributed by atoms with Crippen molar-refractivity contribution in [3.05, 3.63) is 24.0 Å². The van der Waals surface area contributed by atoms with Crippen LogP contribution in [0.1, 0.15) is 0 Å². The van der Waals surface area contributed by atoms with Crippen LogP contribution in [0, 0.1) is 0 Å². The van der Waals surface area contributed by atoms with Gasteiger partial charge in [0.15, 0.2) is 0 Å². The van der Waals surface area contributed by atoms with E-state index < -0.39 is 17.7 Å². The van der Waals surface area contributed by atoms with Crippen LogP contribution in [0.4, 0.5) is 0 Å². The highest BCUT2D eigenvalue weighted by Gasteiger charge is 2.27. The summed E-state index contributed by atoms with van der Waals surface area (Å²) in [6, 6.07) is 0. The van der Waals surface area contributed by atoms with Crippen LogP contribution in [0.5, 0.6) is 0 Å². The summed E-state index contributed by atoms with van der Waals surface area (Å²) in [4.78, 5) is 21.3. The summed E-state index contributed by atoms with van der Waals surface area (Å²) in [6.07, 6.45) is 1.31. The molecule has 0 aromatic rings. The second kappa shape index (κ2) is 2.67. The summed E-state index contributed by atoms with van der Waals surface area (Å²) in [5.41, 5.74) is 0.0367. The Balaban J connectivity index is 3.03. The number of hydrogen-bond acceptors (Lipinski definition) is 4. The van der Waals surface area contributed by atoms with E-state index in [-0.39, 0.29) is 5.57 Å². The summed E-state index contributed by atoms with van der Waals surface area (Å²) in [7, 11) is 0. The molecule has 58 valence electrons. The molecular weight excluding hydrogens is 148 g/mol. The lowest BCUT2D eigenvalue weighted by Crippen LogP contribution is -2.31. The summed E-state index contributed by atoms with van der Waals surface area (Å²) in [5, 5.41) is 17.4. The number of carbonyl (C=O) groups is 2. The van der Waals surface area contributed by atoms with E-state index in [0.29, 0.717) is 6.26 Å². The third kappa shape index (κ3) is 1.20. The molecule has 4 heteroatoms. The highest BCUT2D eigenvalue weighted by molar-refractivity contribution is 6.44. The predicted molar refractivity (Wildman–Crippen MR) is 35.9 cm³/mol. The Labute approximate surface area is 62.5 Å². The minimum Gasteiger partial charge on any atom is -0.515 e. The Kier molecular flexibility index (Phi) is 1.87. The summed E-state index contributed by atoms with van der Waals surface area (Å²) >= 11 is 0. The molecule has 4 nitrogen and oxygen atoms in total. The Morgan fingerprint density at radius 3 is 2.55 bits per heavy atom. The minimum atomic E-state index is -1.50. The van der Waals surface area contributed by atoms with Crippen molar-refractivity contribution >= 4 is 11.6 Å². The first-order valence-corrected chi connectivity index (χ1v) is 2.95. The zero-order chi connectivity index (χ0) is 8.43. The smallest absolute Gasteiger partial charge is 0.235 e. The average molecular weight is 154 g/mol. The predicted octanol–water partition coefficient (Wildman–Crippen LogP) is -0.503. The van der Waals surface area contributed by atoms with Gasteiger partial charge in [-0.05, 0) is 12.2 Å². The highest BCUT2D eigenvalue weighted by Crippen LogP contribution is 2.10. The van der Waals surface area contributed by atoms with Crippen molar-refractivity contribution in [1.82, 2.24) is 0 Å². The highest BCUT2D eigenvalue weighted by atomic mass is 16.3. The van der Waals surface area contributed by atoms with Gasteiger partial charge in [0, 0.05) is 5.57 Å². The van der Waals surface area contributed by atoms with Gasteiger partial charge in [0.1, 0.15) is 6.10 Å². The molecule has 0 bridgehead atoms. The number of ketones is 2. The lowest BCUT2D eigenvalue weighted by atomic mass is 9.98. The van der Waals surface area contributed by atoms with Crippen LogP contribution in [0.3, 0.4) is 0 Å². The molecule has 0 aromatic heterocycles. The number of Topliss-reactive ketones (excluding diaryl/α,β-unsaturated/α-hetero) is 1. The number of allylic oxidation sites excluding steroid dienone is 1. The molecule has 1 aliphatic rings. The van der Waals surface area contributed by atoms with Gasteiger partial charge in [-0.25, -0.2) is 0 Å². The van der Waals surface area contributed by atoms with E-state index in [4.69, 9.17) is 10.2 Å². The number of rotatable bonds is 0. The van der Waals surface area contributed by atoms with Crippen LogP contribution in [0.25, 0.3) is 0 Å². The SMILES string of the molecule is O=C1C=CC(=CO)C(O)C1=O. The van der Waals surface area contributed by atoms with Crippen LogP contribution in [-0.4, -0.2) is 27.9 Å². The van der Waals surface area contributed by atoms with Gasteiger partial charge >= 0.3 is 0 Å². The number of aliphatic hydroxyl groups excluding tert-OH is 2. The van der Waals surface area contributed by atoms with Gasteiger partial charge in [-0.2, -0.15) is 0 Å². The average Bonchev–Trinajstić information content (AvgIpc) is 2.01. The molecule has 1 aliphatic carbocycles. The first kappa shape index (κ1) is 7.68. The first-order chi connectivity index (χ1) is 5.16. The van der Waals surface area contributed by atoms with Gasteiger partial charge in [-0.15, -0.1) is 0 Å². The van der Waals surface area contributed by atoms with Gasteiger partial charge in [-0.3, -0.25) is 9.59 Å². The zero-order valence-electron chi connectivity index (χ0n) is 5.52. The van der Waals surface area contributed by atoms with Gasteiger partial charge in [0.25, 0.3) is 0 Å². The number of aliphatic hydroxyl groups is 2. The van der Waals surface area contributed by atoms with E-state index in [1.807, 2.05) is 0 Å². The fourth-order valence-electron chi connectivity index (χ4n) is 0.745. The molecule has 0 amide bonds. The molecule has 0 aromatic carbocycles. The summed E-state index contributed by atoms with van der Waals surface area (Å²) in [5.74, 6) is -1.66. The van der Waals surface area contributed by atoms with E-state index in [0.717, 1.165) is 6.08 Å². The molecule has 1 unspecified atom stereocenters. The van der Waals surface area contributed by atoms with Crippen molar-refractivity contribution < 1.29 is 19.8 Å². The molecule has 0 aliphatic heterocycles. The van der Waals surface area contributed by atoms with E-state index in [9.17, 15) is 9.59 Å². The molecule has 2 N–H and O–H groups in total. The zero-order valence-corrected chi connectivity index (χ0v) is 5.52. The quantitative estimate of drug-likeness (QED) is 0.364. The van der Waals surface area contributed by atoms with Gasteiger partial charge in [0.05, 0.1) is 6.26 Å². The third-order valence-corrected chi connectivity index (χ3v) is 1.38. The van der Waals surface area contributed by atoms with E-state index in [1.54, 1.807) is 0 Å². The number of carbonyl (C=O) groups excluding carboxylic acids is 2. The van der Waals surface area contributed by atoms with Crippen LogP contribution < -0.4 is 0 Å². The maximum Gasteiger partial charge on any atom is 0.235 e. The van der Waals surface area contributed by atoms with Crippen molar-refractivity contribution in [3.8, 4) is 0 Å². The Bertz CT molecular complexity index is 262. The Morgan fingerprint density at radius 2 is 2.00 bits per heavy atom. The standard InChI is InChI=1S/C7H6O4/c8-3-4-1-2-5(9)7(11)6(4)10/h1-3,6,8,10H. The monoisotopic (exact) mass is 154 g/mol. The van der Waals surface area contributed by atoms with Gasteiger partial charge in [0.2, 0.25) is 11.6 Å². The van der Waals surface area contributed by atoms with Crippen LogP contribution in [0.2, 0.25) is 0 Å². The summed E-state index contributed by atoms with van der Waals surface area (Å²) < 4.78 is 0. The normalized spacial score (nSPS) is 28.1. The lowest BCUT2D eigenvalue weighted by molar-refractivity contribution is -0.138. The van der Waals surface area contributed by atoms with Crippen molar-refractivity contribution in [2.75, 3.05) is 0 Å². The molecule has 0 radical (unpaired) electrons. The molecule has 0 saturated carbocycles. The maximum atomic E-state index is 10.7. The Hall–Kier alpha value is -1.42. The van der Waals surface area contributed by atoms with Crippen LogP contribution in [-0.2, 0) is 9.59 Å². The van der Waals surface area contributed by atoms with E-state index in [1.165, 1.54) is 6.08 Å². The molecular formula is C7H6O4. The van der Waals surface area contributed by atoms with Crippen LogP contribution in [0.15, 0.2) is 24.0 Å². The Morgan fingerprint density at radius 1 is 1.36 bits per heavy atom.